The van der Waals surface area contributed by atoms with Crippen LogP contribution in [0.15, 0.2) is 0 Å². The standard InChI is InChI=1S/C17H39NO2Si/c1-8-15(4)17(16(5)14(2)3)20-21(6,7)13-9-10-18-11-12-19/h14-19H,8-13H2,1-7H3. The average Bonchev–Trinajstić information content (AvgIpc) is 2.42. The number of aliphatic hydroxyl groups excluding tert-OH is 1. The summed E-state index contributed by atoms with van der Waals surface area (Å²) in [4.78, 5) is 0. The van der Waals surface area contributed by atoms with E-state index in [4.69, 9.17) is 9.53 Å². The SMILES string of the molecule is CCC(C)C(O[Si](C)(C)CCCNCCO)C(C)C(C)C. The van der Waals surface area contributed by atoms with Crippen LogP contribution in [0.3, 0.4) is 0 Å². The summed E-state index contributed by atoms with van der Waals surface area (Å²) in [6, 6.07) is 1.18. The summed E-state index contributed by atoms with van der Waals surface area (Å²) in [7, 11) is -1.62. The molecule has 0 rings (SSSR count). The third-order valence-electron chi connectivity index (χ3n) is 4.65. The van der Waals surface area contributed by atoms with Crippen LogP contribution in [0.5, 0.6) is 0 Å². The van der Waals surface area contributed by atoms with Crippen LogP contribution in [0.25, 0.3) is 0 Å². The smallest absolute Gasteiger partial charge is 0.187 e. The van der Waals surface area contributed by atoms with E-state index < -0.39 is 8.32 Å². The third kappa shape index (κ3) is 8.96. The summed E-state index contributed by atoms with van der Waals surface area (Å²) in [5.41, 5.74) is 0. The van der Waals surface area contributed by atoms with E-state index >= 15 is 0 Å². The molecule has 0 saturated heterocycles. The summed E-state index contributed by atoms with van der Waals surface area (Å²) in [5.74, 6) is 1.90. The quantitative estimate of drug-likeness (QED) is 0.424. The molecule has 0 aromatic carbocycles. The molecule has 0 aromatic heterocycles. The number of aliphatic hydroxyl groups is 1. The summed E-state index contributed by atoms with van der Waals surface area (Å²) >= 11 is 0. The van der Waals surface area contributed by atoms with Crippen molar-refractivity contribution in [2.24, 2.45) is 17.8 Å². The minimum atomic E-state index is -1.62. The highest BCUT2D eigenvalue weighted by atomic mass is 28.4. The first-order valence-electron chi connectivity index (χ1n) is 8.74. The fourth-order valence-corrected chi connectivity index (χ4v) is 4.95. The Balaban J connectivity index is 4.44. The molecular weight excluding hydrogens is 278 g/mol. The predicted octanol–water partition coefficient (Wildman–Crippen LogP) is 3.89. The predicted molar refractivity (Wildman–Crippen MR) is 95.2 cm³/mol. The van der Waals surface area contributed by atoms with Gasteiger partial charge in [-0.1, -0.05) is 41.0 Å². The molecule has 0 bridgehead atoms. The van der Waals surface area contributed by atoms with Gasteiger partial charge in [-0.3, -0.25) is 0 Å². The van der Waals surface area contributed by atoms with Gasteiger partial charge in [0.25, 0.3) is 0 Å². The molecule has 0 aliphatic rings. The first-order valence-corrected chi connectivity index (χ1v) is 11.9. The van der Waals surface area contributed by atoms with Crippen LogP contribution in [-0.2, 0) is 4.43 Å². The van der Waals surface area contributed by atoms with Crippen molar-refractivity contribution in [2.75, 3.05) is 19.7 Å². The van der Waals surface area contributed by atoms with Crippen LogP contribution < -0.4 is 5.32 Å². The minimum absolute atomic E-state index is 0.222. The van der Waals surface area contributed by atoms with Gasteiger partial charge in [-0.15, -0.1) is 0 Å². The van der Waals surface area contributed by atoms with E-state index in [0.29, 0.717) is 30.4 Å². The van der Waals surface area contributed by atoms with E-state index in [-0.39, 0.29) is 6.61 Å². The molecule has 0 spiro atoms. The van der Waals surface area contributed by atoms with Crippen molar-refractivity contribution in [3.63, 3.8) is 0 Å². The second-order valence-electron chi connectivity index (χ2n) is 7.41. The summed E-state index contributed by atoms with van der Waals surface area (Å²) in [6.07, 6.45) is 2.72. The van der Waals surface area contributed by atoms with Crippen LogP contribution in [0, 0.1) is 17.8 Å². The van der Waals surface area contributed by atoms with Crippen molar-refractivity contribution in [3.05, 3.63) is 0 Å². The third-order valence-corrected chi connectivity index (χ3v) is 7.12. The zero-order valence-electron chi connectivity index (χ0n) is 15.4. The molecule has 0 aliphatic carbocycles. The fraction of sp³-hybridized carbons (Fsp3) is 1.00. The van der Waals surface area contributed by atoms with Gasteiger partial charge in [-0.2, -0.15) is 0 Å². The van der Waals surface area contributed by atoms with E-state index in [1.807, 2.05) is 0 Å². The van der Waals surface area contributed by atoms with Crippen molar-refractivity contribution in [2.45, 2.75) is 72.7 Å². The van der Waals surface area contributed by atoms with Gasteiger partial charge in [0.2, 0.25) is 0 Å². The van der Waals surface area contributed by atoms with E-state index in [1.165, 1.54) is 12.5 Å². The molecule has 3 atom stereocenters. The van der Waals surface area contributed by atoms with Gasteiger partial charge in [-0.05, 0) is 49.9 Å². The Hall–Kier alpha value is 0.0969. The monoisotopic (exact) mass is 317 g/mol. The van der Waals surface area contributed by atoms with Crippen molar-refractivity contribution in [1.29, 1.82) is 0 Å². The molecule has 3 nitrogen and oxygen atoms in total. The molecule has 0 amide bonds. The molecule has 128 valence electrons. The summed E-state index contributed by atoms with van der Waals surface area (Å²) in [5, 5.41) is 12.0. The van der Waals surface area contributed by atoms with E-state index in [2.05, 4.69) is 53.0 Å². The fourth-order valence-electron chi connectivity index (χ4n) is 2.62. The molecule has 21 heavy (non-hydrogen) atoms. The topological polar surface area (TPSA) is 41.5 Å². The first-order chi connectivity index (χ1) is 9.75. The average molecular weight is 318 g/mol. The maximum atomic E-state index is 8.77. The maximum absolute atomic E-state index is 8.77. The highest BCUT2D eigenvalue weighted by molar-refractivity contribution is 6.71. The lowest BCUT2D eigenvalue weighted by atomic mass is 9.85. The lowest BCUT2D eigenvalue weighted by Crippen LogP contribution is -2.43. The lowest BCUT2D eigenvalue weighted by Gasteiger charge is -2.38. The molecule has 0 saturated carbocycles. The molecule has 0 heterocycles. The van der Waals surface area contributed by atoms with Crippen molar-refractivity contribution in [1.82, 2.24) is 5.32 Å². The van der Waals surface area contributed by atoms with Gasteiger partial charge >= 0.3 is 0 Å². The number of hydrogen-bond acceptors (Lipinski definition) is 3. The van der Waals surface area contributed by atoms with Gasteiger partial charge in [0.1, 0.15) is 0 Å². The van der Waals surface area contributed by atoms with Crippen LogP contribution in [0.1, 0.15) is 47.5 Å². The number of nitrogens with one attached hydrogen (secondary N) is 1. The second-order valence-corrected chi connectivity index (χ2v) is 11.7. The minimum Gasteiger partial charge on any atom is -0.414 e. The Kier molecular flexibility index (Phi) is 10.8. The van der Waals surface area contributed by atoms with Crippen LogP contribution in [-0.4, -0.2) is 39.2 Å². The summed E-state index contributed by atoms with van der Waals surface area (Å²) < 4.78 is 6.68. The van der Waals surface area contributed by atoms with Gasteiger partial charge in [-0.25, -0.2) is 0 Å². The van der Waals surface area contributed by atoms with Crippen LogP contribution in [0.2, 0.25) is 19.1 Å². The van der Waals surface area contributed by atoms with Gasteiger partial charge in [0, 0.05) is 6.54 Å². The lowest BCUT2D eigenvalue weighted by molar-refractivity contribution is 0.0579. The molecule has 3 unspecified atom stereocenters. The highest BCUT2D eigenvalue weighted by Gasteiger charge is 2.32. The van der Waals surface area contributed by atoms with E-state index in [1.54, 1.807) is 0 Å². The Labute approximate surface area is 134 Å². The van der Waals surface area contributed by atoms with Gasteiger partial charge in [0.05, 0.1) is 12.7 Å². The summed E-state index contributed by atoms with van der Waals surface area (Å²) in [6.45, 7) is 18.1. The zero-order chi connectivity index (χ0) is 16.5. The van der Waals surface area contributed by atoms with Gasteiger partial charge < -0.3 is 14.8 Å². The molecule has 4 heteroatoms. The van der Waals surface area contributed by atoms with Gasteiger partial charge in [0.15, 0.2) is 8.32 Å². The Morgan fingerprint density at radius 3 is 2.19 bits per heavy atom. The van der Waals surface area contributed by atoms with Crippen LogP contribution >= 0.6 is 0 Å². The Morgan fingerprint density at radius 2 is 1.71 bits per heavy atom. The normalized spacial score (nSPS) is 17.0. The first kappa shape index (κ1) is 21.1. The second kappa shape index (κ2) is 10.8. The van der Waals surface area contributed by atoms with Crippen molar-refractivity contribution in [3.8, 4) is 0 Å². The number of hydrogen-bond donors (Lipinski definition) is 2. The number of rotatable bonds is 12. The molecule has 0 radical (unpaired) electrons. The molecule has 0 aromatic rings. The Morgan fingerprint density at radius 1 is 1.10 bits per heavy atom. The van der Waals surface area contributed by atoms with Crippen molar-refractivity contribution >= 4 is 8.32 Å². The maximum Gasteiger partial charge on any atom is 0.187 e. The van der Waals surface area contributed by atoms with E-state index in [0.717, 1.165) is 13.0 Å². The highest BCUT2D eigenvalue weighted by Crippen LogP contribution is 2.29. The zero-order valence-corrected chi connectivity index (χ0v) is 16.4. The van der Waals surface area contributed by atoms with Crippen LogP contribution in [0.4, 0.5) is 0 Å². The molecular formula is C17H39NO2Si. The molecule has 0 aliphatic heterocycles. The molecule has 0 fully saturated rings. The molecule has 2 N–H and O–H groups in total. The largest absolute Gasteiger partial charge is 0.414 e. The van der Waals surface area contributed by atoms with Crippen molar-refractivity contribution < 1.29 is 9.53 Å². The van der Waals surface area contributed by atoms with E-state index in [9.17, 15) is 0 Å². The Bertz CT molecular complexity index is 259.